The molecular formula is C18H15ClN4O4S2. The highest BCUT2D eigenvalue weighted by atomic mass is 35.5. The van der Waals surface area contributed by atoms with Crippen LogP contribution >= 0.6 is 22.9 Å². The quantitative estimate of drug-likeness (QED) is 0.300. The van der Waals surface area contributed by atoms with Crippen LogP contribution in [0, 0.1) is 10.1 Å². The zero-order chi connectivity index (χ0) is 21.0. The van der Waals surface area contributed by atoms with Crippen molar-refractivity contribution in [1.29, 1.82) is 0 Å². The van der Waals surface area contributed by atoms with Crippen molar-refractivity contribution in [2.45, 2.75) is 11.8 Å². The average molecular weight is 451 g/mol. The number of hydrogen-bond acceptors (Lipinski definition) is 7. The third-order valence-corrected chi connectivity index (χ3v) is 6.52. The summed E-state index contributed by atoms with van der Waals surface area (Å²) in [6.45, 7) is 1.76. The van der Waals surface area contributed by atoms with Crippen molar-refractivity contribution in [2.75, 3.05) is 10.1 Å². The van der Waals surface area contributed by atoms with E-state index in [1.807, 2.05) is 17.5 Å². The zero-order valence-electron chi connectivity index (χ0n) is 15.0. The Kier molecular flexibility index (Phi) is 6.16. The molecule has 0 bridgehead atoms. The molecule has 2 aromatic carbocycles. The zero-order valence-corrected chi connectivity index (χ0v) is 17.4. The molecule has 11 heteroatoms. The van der Waals surface area contributed by atoms with Gasteiger partial charge in [-0.05, 0) is 36.6 Å². The topological polar surface area (TPSA) is 114 Å². The van der Waals surface area contributed by atoms with Gasteiger partial charge in [-0.3, -0.25) is 20.3 Å². The van der Waals surface area contributed by atoms with Gasteiger partial charge in [0.05, 0.1) is 27.0 Å². The van der Waals surface area contributed by atoms with Gasteiger partial charge in [-0.15, -0.1) is 11.3 Å². The predicted octanol–water partition coefficient (Wildman–Crippen LogP) is 4.95. The van der Waals surface area contributed by atoms with Crippen LogP contribution in [-0.2, 0) is 10.0 Å². The molecule has 8 nitrogen and oxygen atoms in total. The molecule has 3 aromatic rings. The van der Waals surface area contributed by atoms with Crippen LogP contribution in [0.4, 0.5) is 17.1 Å². The molecular weight excluding hydrogens is 436 g/mol. The smallest absolute Gasteiger partial charge is 0.270 e. The maximum atomic E-state index is 12.9. The van der Waals surface area contributed by atoms with Crippen molar-refractivity contribution in [1.82, 2.24) is 0 Å². The molecule has 150 valence electrons. The van der Waals surface area contributed by atoms with Gasteiger partial charge in [0, 0.05) is 17.0 Å². The first kappa shape index (κ1) is 20.8. The van der Waals surface area contributed by atoms with Crippen LogP contribution in [0.2, 0.25) is 5.02 Å². The van der Waals surface area contributed by atoms with E-state index in [4.69, 9.17) is 11.6 Å². The van der Waals surface area contributed by atoms with Crippen LogP contribution in [0.25, 0.3) is 0 Å². The Balaban J connectivity index is 2.01. The molecule has 2 N–H and O–H groups in total. The van der Waals surface area contributed by atoms with Crippen LogP contribution in [0.5, 0.6) is 0 Å². The Morgan fingerprint density at radius 3 is 2.55 bits per heavy atom. The molecule has 0 unspecified atom stereocenters. The van der Waals surface area contributed by atoms with Crippen molar-refractivity contribution in [3.8, 4) is 0 Å². The second-order valence-electron chi connectivity index (χ2n) is 5.81. The Morgan fingerprint density at radius 2 is 1.90 bits per heavy atom. The number of halogens is 1. The molecule has 1 aromatic heterocycles. The van der Waals surface area contributed by atoms with Gasteiger partial charge >= 0.3 is 0 Å². The molecule has 1 heterocycles. The van der Waals surface area contributed by atoms with Gasteiger partial charge in [0.1, 0.15) is 4.90 Å². The summed E-state index contributed by atoms with van der Waals surface area (Å²) >= 11 is 7.51. The maximum Gasteiger partial charge on any atom is 0.270 e. The minimum Gasteiger partial charge on any atom is -0.278 e. The van der Waals surface area contributed by atoms with Crippen LogP contribution < -0.4 is 10.1 Å². The van der Waals surface area contributed by atoms with Crippen molar-refractivity contribution >= 4 is 55.7 Å². The first-order chi connectivity index (χ1) is 13.8. The van der Waals surface area contributed by atoms with E-state index in [1.165, 1.54) is 35.6 Å². The van der Waals surface area contributed by atoms with Crippen molar-refractivity contribution < 1.29 is 13.3 Å². The Bertz CT molecular complexity index is 1180. The van der Waals surface area contributed by atoms with E-state index < -0.39 is 14.9 Å². The lowest BCUT2D eigenvalue weighted by Gasteiger charge is -2.13. The number of rotatable bonds is 7. The summed E-state index contributed by atoms with van der Waals surface area (Å²) in [5, 5.41) is 17.4. The third-order valence-electron chi connectivity index (χ3n) is 3.81. The van der Waals surface area contributed by atoms with Crippen molar-refractivity contribution in [2.24, 2.45) is 5.10 Å². The highest BCUT2D eigenvalue weighted by molar-refractivity contribution is 7.93. The molecule has 0 aliphatic carbocycles. The summed E-state index contributed by atoms with van der Waals surface area (Å²) < 4.78 is 28.2. The number of hydrazone groups is 1. The number of hydrogen-bond donors (Lipinski definition) is 2. The summed E-state index contributed by atoms with van der Waals surface area (Å²) in [4.78, 5) is 11.1. The van der Waals surface area contributed by atoms with Crippen LogP contribution in [0.15, 0.2) is 70.0 Å². The molecule has 0 aliphatic heterocycles. The van der Waals surface area contributed by atoms with Gasteiger partial charge in [0.25, 0.3) is 15.7 Å². The molecule has 0 spiro atoms. The van der Waals surface area contributed by atoms with E-state index >= 15 is 0 Å². The minimum absolute atomic E-state index is 0.0889. The molecule has 29 heavy (non-hydrogen) atoms. The van der Waals surface area contributed by atoms with Gasteiger partial charge in [0.15, 0.2) is 0 Å². The molecule has 0 fully saturated rings. The van der Waals surface area contributed by atoms with E-state index in [0.29, 0.717) is 5.71 Å². The summed E-state index contributed by atoms with van der Waals surface area (Å²) in [6, 6.07) is 13.5. The Morgan fingerprint density at radius 1 is 1.14 bits per heavy atom. The number of sulfonamides is 1. The fourth-order valence-corrected chi connectivity index (χ4v) is 4.54. The van der Waals surface area contributed by atoms with Gasteiger partial charge in [-0.1, -0.05) is 29.8 Å². The molecule has 0 saturated carbocycles. The second-order valence-corrected chi connectivity index (χ2v) is 8.81. The highest BCUT2D eigenvalue weighted by Gasteiger charge is 2.23. The summed E-state index contributed by atoms with van der Waals surface area (Å²) in [5.41, 5.74) is 3.21. The summed E-state index contributed by atoms with van der Waals surface area (Å²) in [7, 11) is -4.19. The number of para-hydroxylation sites is 1. The third kappa shape index (κ3) is 4.91. The molecule has 0 aliphatic rings. The first-order valence-electron chi connectivity index (χ1n) is 8.18. The minimum atomic E-state index is -4.19. The maximum absolute atomic E-state index is 12.9. The molecule has 0 saturated heterocycles. The number of nitrogens with one attached hydrogen (secondary N) is 2. The monoisotopic (exact) mass is 450 g/mol. The van der Waals surface area contributed by atoms with E-state index in [0.717, 1.165) is 10.9 Å². The van der Waals surface area contributed by atoms with Gasteiger partial charge in [0.2, 0.25) is 0 Å². The SMILES string of the molecule is CC(=NNc1ccc([N+](=O)[O-])cc1S(=O)(=O)Nc1ccccc1Cl)c1cccs1. The fraction of sp³-hybridized carbons (Fsp3) is 0.0556. The lowest BCUT2D eigenvalue weighted by molar-refractivity contribution is -0.385. The number of nitro groups is 1. The number of nitrogens with zero attached hydrogens (tertiary/aromatic N) is 2. The number of non-ortho nitro benzene ring substituents is 1. The Hall–Kier alpha value is -2.95. The van der Waals surface area contributed by atoms with Gasteiger partial charge in [-0.25, -0.2) is 8.42 Å². The van der Waals surface area contributed by atoms with Crippen molar-refractivity contribution in [3.05, 3.63) is 80.0 Å². The van der Waals surface area contributed by atoms with E-state index in [-0.39, 0.29) is 27.0 Å². The van der Waals surface area contributed by atoms with Gasteiger partial charge < -0.3 is 0 Å². The number of thiophene rings is 1. The van der Waals surface area contributed by atoms with Crippen LogP contribution in [-0.4, -0.2) is 19.1 Å². The second kappa shape index (κ2) is 8.60. The number of anilines is 2. The average Bonchev–Trinajstić information content (AvgIpc) is 3.22. The van der Waals surface area contributed by atoms with Crippen LogP contribution in [0.1, 0.15) is 11.8 Å². The molecule has 3 rings (SSSR count). The Labute approximate surface area is 176 Å². The molecule has 0 radical (unpaired) electrons. The largest absolute Gasteiger partial charge is 0.278 e. The lowest BCUT2D eigenvalue weighted by Crippen LogP contribution is -2.15. The normalized spacial score (nSPS) is 11.9. The number of benzene rings is 2. The fourth-order valence-electron chi connectivity index (χ4n) is 2.37. The van der Waals surface area contributed by atoms with Crippen LogP contribution in [0.3, 0.4) is 0 Å². The van der Waals surface area contributed by atoms with Crippen molar-refractivity contribution in [3.63, 3.8) is 0 Å². The standard InChI is InChI=1S/C18H15ClN4O4S2/c1-12(17-7-4-10-28-17)20-21-16-9-8-13(23(24)25)11-18(16)29(26,27)22-15-6-3-2-5-14(15)19/h2-11,21-22H,1H3. The van der Waals surface area contributed by atoms with Gasteiger partial charge in [-0.2, -0.15) is 5.10 Å². The first-order valence-corrected chi connectivity index (χ1v) is 10.9. The van der Waals surface area contributed by atoms with E-state index in [9.17, 15) is 18.5 Å². The predicted molar refractivity (Wildman–Crippen MR) is 116 cm³/mol. The summed E-state index contributed by atoms with van der Waals surface area (Å²) in [5.74, 6) is 0. The highest BCUT2D eigenvalue weighted by Crippen LogP contribution is 2.30. The lowest BCUT2D eigenvalue weighted by atomic mass is 10.3. The molecule has 0 atom stereocenters. The molecule has 0 amide bonds. The summed E-state index contributed by atoms with van der Waals surface area (Å²) in [6.07, 6.45) is 0. The number of nitro benzene ring substituents is 1. The van der Waals surface area contributed by atoms with E-state index in [2.05, 4.69) is 15.2 Å². The van der Waals surface area contributed by atoms with E-state index in [1.54, 1.807) is 19.1 Å².